The fourth-order valence-corrected chi connectivity index (χ4v) is 3.04. The van der Waals surface area contributed by atoms with E-state index in [0.29, 0.717) is 37.2 Å². The Labute approximate surface area is 158 Å². The number of nitrogens with one attached hydrogen (secondary N) is 1. The van der Waals surface area contributed by atoms with Gasteiger partial charge < -0.3 is 15.0 Å². The third-order valence-electron chi connectivity index (χ3n) is 4.65. The summed E-state index contributed by atoms with van der Waals surface area (Å²) in [6.07, 6.45) is 1.33. The summed E-state index contributed by atoms with van der Waals surface area (Å²) >= 11 is 0. The molecule has 6 heteroatoms. The molecule has 5 nitrogen and oxygen atoms in total. The summed E-state index contributed by atoms with van der Waals surface area (Å²) in [6, 6.07) is 13.2. The molecule has 0 radical (unpaired) electrons. The van der Waals surface area contributed by atoms with Gasteiger partial charge in [0.2, 0.25) is 0 Å². The summed E-state index contributed by atoms with van der Waals surface area (Å²) in [5, 5.41) is 2.91. The van der Waals surface area contributed by atoms with E-state index in [9.17, 15) is 14.0 Å². The van der Waals surface area contributed by atoms with E-state index in [1.54, 1.807) is 11.0 Å². The number of carbonyl (C=O) groups is 2. The van der Waals surface area contributed by atoms with Crippen LogP contribution in [0.2, 0.25) is 0 Å². The molecule has 0 unspecified atom stereocenters. The molecule has 27 heavy (non-hydrogen) atoms. The normalized spacial score (nSPS) is 14.7. The average molecular weight is 370 g/mol. The third kappa shape index (κ3) is 5.29. The van der Waals surface area contributed by atoms with Gasteiger partial charge in [-0.2, -0.15) is 0 Å². The van der Waals surface area contributed by atoms with E-state index in [-0.39, 0.29) is 24.5 Å². The van der Waals surface area contributed by atoms with E-state index in [0.717, 1.165) is 5.56 Å². The maximum Gasteiger partial charge on any atom is 0.260 e. The molecule has 2 amide bonds. The summed E-state index contributed by atoms with van der Waals surface area (Å²) < 4.78 is 18.8. The second-order valence-corrected chi connectivity index (χ2v) is 6.74. The van der Waals surface area contributed by atoms with Crippen LogP contribution in [0.5, 0.6) is 5.75 Å². The Hall–Kier alpha value is -2.89. The second kappa shape index (κ2) is 8.66. The molecule has 2 aromatic rings. The van der Waals surface area contributed by atoms with E-state index in [1.807, 2.05) is 31.2 Å². The first-order chi connectivity index (χ1) is 13.0. The van der Waals surface area contributed by atoms with Gasteiger partial charge in [0, 0.05) is 24.7 Å². The highest BCUT2D eigenvalue weighted by molar-refractivity contribution is 5.94. The van der Waals surface area contributed by atoms with Crippen LogP contribution in [0.25, 0.3) is 0 Å². The van der Waals surface area contributed by atoms with Crippen molar-refractivity contribution in [3.8, 4) is 5.75 Å². The Morgan fingerprint density at radius 2 is 1.85 bits per heavy atom. The van der Waals surface area contributed by atoms with Crippen LogP contribution in [-0.2, 0) is 4.79 Å². The molecule has 0 saturated carbocycles. The summed E-state index contributed by atoms with van der Waals surface area (Å²) in [5.74, 6) is -0.115. The summed E-state index contributed by atoms with van der Waals surface area (Å²) in [5.41, 5.74) is 1.44. The van der Waals surface area contributed by atoms with Crippen LogP contribution < -0.4 is 10.1 Å². The zero-order valence-electron chi connectivity index (χ0n) is 15.3. The lowest BCUT2D eigenvalue weighted by Gasteiger charge is -2.32. The maximum absolute atomic E-state index is 13.2. The predicted molar refractivity (Wildman–Crippen MR) is 100 cm³/mol. The van der Waals surface area contributed by atoms with E-state index in [4.69, 9.17) is 4.74 Å². The van der Waals surface area contributed by atoms with Gasteiger partial charge in [-0.1, -0.05) is 23.8 Å². The van der Waals surface area contributed by atoms with Crippen molar-refractivity contribution in [1.82, 2.24) is 10.2 Å². The monoisotopic (exact) mass is 370 g/mol. The number of carbonyl (C=O) groups excluding carboxylic acids is 2. The topological polar surface area (TPSA) is 58.6 Å². The molecule has 0 aromatic heterocycles. The van der Waals surface area contributed by atoms with Crippen molar-refractivity contribution < 1.29 is 18.7 Å². The molecule has 142 valence electrons. The van der Waals surface area contributed by atoms with Gasteiger partial charge in [-0.3, -0.25) is 9.59 Å². The van der Waals surface area contributed by atoms with E-state index in [2.05, 4.69) is 5.32 Å². The number of hydrogen-bond donors (Lipinski definition) is 1. The lowest BCUT2D eigenvalue weighted by Crippen LogP contribution is -2.47. The van der Waals surface area contributed by atoms with Crippen molar-refractivity contribution in [2.45, 2.75) is 25.8 Å². The van der Waals surface area contributed by atoms with Crippen molar-refractivity contribution in [3.63, 3.8) is 0 Å². The molecule has 1 aliphatic rings. The fourth-order valence-electron chi connectivity index (χ4n) is 3.04. The Balaban J connectivity index is 1.43. The Morgan fingerprint density at radius 3 is 2.52 bits per heavy atom. The first-order valence-electron chi connectivity index (χ1n) is 9.05. The largest absolute Gasteiger partial charge is 0.484 e. The predicted octanol–water partition coefficient (Wildman–Crippen LogP) is 2.93. The van der Waals surface area contributed by atoms with Gasteiger partial charge in [-0.25, -0.2) is 4.39 Å². The first kappa shape index (κ1) is 18.9. The van der Waals surface area contributed by atoms with E-state index >= 15 is 0 Å². The van der Waals surface area contributed by atoms with Crippen LogP contribution in [0.1, 0.15) is 28.8 Å². The summed E-state index contributed by atoms with van der Waals surface area (Å²) in [7, 11) is 0. The molecule has 0 atom stereocenters. The minimum atomic E-state index is -0.434. The van der Waals surface area contributed by atoms with E-state index < -0.39 is 5.82 Å². The Bertz CT molecular complexity index is 799. The highest BCUT2D eigenvalue weighted by atomic mass is 19.1. The molecule has 1 saturated heterocycles. The lowest BCUT2D eigenvalue weighted by atomic mass is 10.0. The number of piperidine rings is 1. The van der Waals surface area contributed by atoms with Gasteiger partial charge in [-0.05, 0) is 50.1 Å². The molecular weight excluding hydrogens is 347 g/mol. The van der Waals surface area contributed by atoms with Crippen LogP contribution in [0.3, 0.4) is 0 Å². The van der Waals surface area contributed by atoms with Gasteiger partial charge in [0.05, 0.1) is 0 Å². The number of ether oxygens (including phenoxy) is 1. The smallest absolute Gasteiger partial charge is 0.260 e. The fraction of sp³-hybridized carbons (Fsp3) is 0.333. The van der Waals surface area contributed by atoms with Crippen molar-refractivity contribution in [3.05, 3.63) is 65.5 Å². The molecule has 2 aromatic carbocycles. The van der Waals surface area contributed by atoms with Gasteiger partial charge in [-0.15, -0.1) is 0 Å². The second-order valence-electron chi connectivity index (χ2n) is 6.74. The van der Waals surface area contributed by atoms with Gasteiger partial charge >= 0.3 is 0 Å². The number of hydrogen-bond acceptors (Lipinski definition) is 3. The lowest BCUT2D eigenvalue weighted by molar-refractivity contribution is -0.134. The number of nitrogens with zero attached hydrogens (tertiary/aromatic N) is 1. The van der Waals surface area contributed by atoms with Crippen LogP contribution in [-0.4, -0.2) is 42.5 Å². The first-order valence-corrected chi connectivity index (χ1v) is 9.05. The average Bonchev–Trinajstić information content (AvgIpc) is 2.68. The van der Waals surface area contributed by atoms with Crippen LogP contribution in [0.4, 0.5) is 4.39 Å². The highest BCUT2D eigenvalue weighted by Crippen LogP contribution is 2.14. The van der Waals surface area contributed by atoms with Gasteiger partial charge in [0.15, 0.2) is 6.61 Å². The van der Waals surface area contributed by atoms with Gasteiger partial charge in [0.1, 0.15) is 11.6 Å². The molecule has 0 bridgehead atoms. The van der Waals surface area contributed by atoms with Crippen molar-refractivity contribution in [2.24, 2.45) is 0 Å². The van der Waals surface area contributed by atoms with Crippen LogP contribution in [0, 0.1) is 12.7 Å². The molecule has 1 heterocycles. The number of aryl methyl sites for hydroxylation is 1. The van der Waals surface area contributed by atoms with Gasteiger partial charge in [0.25, 0.3) is 11.8 Å². The quantitative estimate of drug-likeness (QED) is 0.880. The Morgan fingerprint density at radius 1 is 1.15 bits per heavy atom. The number of amides is 2. The zero-order chi connectivity index (χ0) is 19.2. The molecule has 1 aliphatic heterocycles. The van der Waals surface area contributed by atoms with Crippen molar-refractivity contribution in [1.29, 1.82) is 0 Å². The number of likely N-dealkylation sites (tertiary alicyclic amines) is 1. The van der Waals surface area contributed by atoms with E-state index in [1.165, 1.54) is 18.2 Å². The molecule has 0 spiro atoms. The highest BCUT2D eigenvalue weighted by Gasteiger charge is 2.24. The number of benzene rings is 2. The molecule has 1 N–H and O–H groups in total. The number of halogens is 1. The van der Waals surface area contributed by atoms with Crippen LogP contribution in [0.15, 0.2) is 48.5 Å². The molecule has 0 aliphatic carbocycles. The summed E-state index contributed by atoms with van der Waals surface area (Å²) in [6.45, 7) is 3.11. The zero-order valence-corrected chi connectivity index (χ0v) is 15.3. The maximum atomic E-state index is 13.2. The molecule has 3 rings (SSSR count). The third-order valence-corrected chi connectivity index (χ3v) is 4.65. The standard InChI is InChI=1S/C21H23FN2O3/c1-15-5-7-19(8-6-15)27-14-20(25)24-11-9-18(10-12-24)23-21(26)16-3-2-4-17(22)13-16/h2-8,13,18H,9-12,14H2,1H3,(H,23,26). The Kier molecular flexibility index (Phi) is 6.06. The minimum absolute atomic E-state index is 0.00335. The SMILES string of the molecule is Cc1ccc(OCC(=O)N2CCC(NC(=O)c3cccc(F)c3)CC2)cc1. The molecular formula is C21H23FN2O3. The molecule has 1 fully saturated rings. The summed E-state index contributed by atoms with van der Waals surface area (Å²) in [4.78, 5) is 26.2. The van der Waals surface area contributed by atoms with Crippen molar-refractivity contribution in [2.75, 3.05) is 19.7 Å². The number of rotatable bonds is 5. The van der Waals surface area contributed by atoms with Crippen molar-refractivity contribution >= 4 is 11.8 Å². The minimum Gasteiger partial charge on any atom is -0.484 e. The van der Waals surface area contributed by atoms with Crippen LogP contribution >= 0.6 is 0 Å².